The second-order valence-corrected chi connectivity index (χ2v) is 7.31. The Morgan fingerprint density at radius 2 is 1.56 bits per heavy atom. The molecule has 3 rings (SSSR count). The van der Waals surface area contributed by atoms with Crippen molar-refractivity contribution in [1.29, 1.82) is 0 Å². The van der Waals surface area contributed by atoms with Gasteiger partial charge in [0.2, 0.25) is 0 Å². The fourth-order valence-corrected chi connectivity index (χ4v) is 4.04. The molecule has 0 aromatic heterocycles. The van der Waals surface area contributed by atoms with Gasteiger partial charge in [0, 0.05) is 27.2 Å². The Kier molecular flexibility index (Phi) is 4.59. The summed E-state index contributed by atoms with van der Waals surface area (Å²) in [4.78, 5) is 16.0. The predicted molar refractivity (Wildman–Crippen MR) is 104 cm³/mol. The van der Waals surface area contributed by atoms with Gasteiger partial charge in [0.15, 0.2) is 0 Å². The number of benzene rings is 2. The van der Waals surface area contributed by atoms with Gasteiger partial charge in [-0.2, -0.15) is 0 Å². The molecule has 3 heteroatoms. The highest BCUT2D eigenvalue weighted by Gasteiger charge is 2.30. The minimum atomic E-state index is 0.0879. The van der Waals surface area contributed by atoms with Gasteiger partial charge in [-0.3, -0.25) is 0 Å². The van der Waals surface area contributed by atoms with E-state index in [4.69, 9.17) is 0 Å². The average Bonchev–Trinajstić information content (AvgIpc) is 3.04. The Hall–Kier alpha value is -2.29. The van der Waals surface area contributed by atoms with E-state index in [1.165, 1.54) is 44.5 Å². The molecule has 2 aromatic rings. The Labute approximate surface area is 151 Å². The van der Waals surface area contributed by atoms with Crippen molar-refractivity contribution < 1.29 is 4.79 Å². The second kappa shape index (κ2) is 6.55. The third-order valence-corrected chi connectivity index (χ3v) is 5.44. The molecule has 0 fully saturated rings. The summed E-state index contributed by atoms with van der Waals surface area (Å²) in [6.07, 6.45) is 1.00. The molecule has 0 aliphatic carbocycles. The molecule has 2 amide bonds. The van der Waals surface area contributed by atoms with Gasteiger partial charge in [0.25, 0.3) is 0 Å². The minimum Gasteiger partial charge on any atom is -0.331 e. The molecule has 1 heterocycles. The van der Waals surface area contributed by atoms with E-state index in [0.717, 1.165) is 13.0 Å². The zero-order valence-corrected chi connectivity index (χ0v) is 16.2. The lowest BCUT2D eigenvalue weighted by molar-refractivity contribution is 0.171. The minimum absolute atomic E-state index is 0.0879. The van der Waals surface area contributed by atoms with Crippen LogP contribution < -0.4 is 0 Å². The number of carbonyl (C=O) groups is 1. The molecule has 1 aliphatic rings. The lowest BCUT2D eigenvalue weighted by Gasteiger charge is -2.20. The molecular formula is C22H28N2O. The van der Waals surface area contributed by atoms with Crippen LogP contribution in [0.3, 0.4) is 0 Å². The van der Waals surface area contributed by atoms with Gasteiger partial charge in [-0.25, -0.2) is 4.79 Å². The predicted octanol–water partition coefficient (Wildman–Crippen LogP) is 4.84. The summed E-state index contributed by atoms with van der Waals surface area (Å²) in [5.74, 6) is 0. The van der Waals surface area contributed by atoms with Crippen LogP contribution in [0.5, 0.6) is 0 Å². The summed E-state index contributed by atoms with van der Waals surface area (Å²) in [6, 6.07) is 8.89. The highest BCUT2D eigenvalue weighted by atomic mass is 16.2. The van der Waals surface area contributed by atoms with Crippen LogP contribution in [0.25, 0.3) is 11.1 Å². The maximum Gasteiger partial charge on any atom is 0.320 e. The largest absolute Gasteiger partial charge is 0.331 e. The van der Waals surface area contributed by atoms with Gasteiger partial charge < -0.3 is 9.80 Å². The molecule has 0 N–H and O–H groups in total. The Balaban J connectivity index is 2.15. The van der Waals surface area contributed by atoms with Crippen LogP contribution in [0.4, 0.5) is 4.79 Å². The molecule has 132 valence electrons. The average molecular weight is 336 g/mol. The number of hydrogen-bond donors (Lipinski definition) is 0. The summed E-state index contributed by atoms with van der Waals surface area (Å²) in [5.41, 5.74) is 10.7. The Morgan fingerprint density at radius 3 is 2.08 bits per heavy atom. The van der Waals surface area contributed by atoms with Gasteiger partial charge in [-0.1, -0.05) is 36.8 Å². The van der Waals surface area contributed by atoms with E-state index >= 15 is 0 Å². The lowest BCUT2D eigenvalue weighted by Crippen LogP contribution is -2.35. The number of nitrogens with zero attached hydrogens (tertiary/aromatic N) is 2. The fraction of sp³-hybridized carbons (Fsp3) is 0.409. The van der Waals surface area contributed by atoms with Crippen molar-refractivity contribution in [2.75, 3.05) is 14.1 Å². The Bertz CT molecular complexity index is 819. The van der Waals surface area contributed by atoms with Gasteiger partial charge in [-0.15, -0.1) is 0 Å². The maximum atomic E-state index is 12.4. The van der Waals surface area contributed by atoms with Crippen molar-refractivity contribution in [1.82, 2.24) is 9.80 Å². The molecule has 25 heavy (non-hydrogen) atoms. The highest BCUT2D eigenvalue weighted by Crippen LogP contribution is 2.39. The van der Waals surface area contributed by atoms with Crippen LogP contribution >= 0.6 is 0 Å². The normalized spacial score (nSPS) is 13.1. The van der Waals surface area contributed by atoms with E-state index in [1.807, 2.05) is 19.0 Å². The van der Waals surface area contributed by atoms with Crippen LogP contribution in [-0.4, -0.2) is 29.9 Å². The van der Waals surface area contributed by atoms with Gasteiger partial charge >= 0.3 is 6.03 Å². The zero-order valence-electron chi connectivity index (χ0n) is 16.2. The summed E-state index contributed by atoms with van der Waals surface area (Å²) in [6.45, 7) is 10.2. The number of fused-ring (bicyclic) bond motifs is 1. The fourth-order valence-electron chi connectivity index (χ4n) is 4.04. The molecule has 0 bridgehead atoms. The summed E-state index contributed by atoms with van der Waals surface area (Å²) in [7, 11) is 3.64. The topological polar surface area (TPSA) is 23.6 Å². The Morgan fingerprint density at radius 1 is 1.00 bits per heavy atom. The van der Waals surface area contributed by atoms with Crippen LogP contribution in [0.15, 0.2) is 24.3 Å². The van der Waals surface area contributed by atoms with Crippen molar-refractivity contribution in [2.45, 2.75) is 47.2 Å². The number of amides is 2. The number of urea groups is 1. The second-order valence-electron chi connectivity index (χ2n) is 7.31. The van der Waals surface area contributed by atoms with Crippen molar-refractivity contribution in [3.8, 4) is 11.1 Å². The van der Waals surface area contributed by atoms with Crippen LogP contribution in [0.1, 0.15) is 40.3 Å². The summed E-state index contributed by atoms with van der Waals surface area (Å²) in [5, 5.41) is 0. The number of hydrogen-bond acceptors (Lipinski definition) is 1. The molecule has 0 atom stereocenters. The molecular weight excluding hydrogens is 308 g/mol. The summed E-state index contributed by atoms with van der Waals surface area (Å²) >= 11 is 0. The summed E-state index contributed by atoms with van der Waals surface area (Å²) < 4.78 is 0. The van der Waals surface area contributed by atoms with Gasteiger partial charge in [0.05, 0.1) is 0 Å². The quantitative estimate of drug-likeness (QED) is 0.770. The smallest absolute Gasteiger partial charge is 0.320 e. The zero-order chi connectivity index (χ0) is 18.3. The van der Waals surface area contributed by atoms with Crippen molar-refractivity contribution in [3.05, 3.63) is 57.6 Å². The van der Waals surface area contributed by atoms with Crippen LogP contribution in [0.2, 0.25) is 0 Å². The SMILES string of the molecule is CCc1c(C)c2c(c(C)c1-c1ccc(C)cc1)CN(C(=O)N(C)C)C2. The number of aryl methyl sites for hydroxylation is 1. The first-order valence-corrected chi connectivity index (χ1v) is 9.02. The lowest BCUT2D eigenvalue weighted by atomic mass is 9.84. The third kappa shape index (κ3) is 2.92. The number of rotatable bonds is 2. The third-order valence-electron chi connectivity index (χ3n) is 5.44. The highest BCUT2D eigenvalue weighted by molar-refractivity contribution is 5.79. The van der Waals surface area contributed by atoms with Gasteiger partial charge in [0.1, 0.15) is 0 Å². The van der Waals surface area contributed by atoms with Crippen molar-refractivity contribution in [2.24, 2.45) is 0 Å². The van der Waals surface area contributed by atoms with Gasteiger partial charge in [-0.05, 0) is 66.1 Å². The van der Waals surface area contributed by atoms with E-state index in [1.54, 1.807) is 4.90 Å². The molecule has 0 radical (unpaired) electrons. The van der Waals surface area contributed by atoms with E-state index in [9.17, 15) is 4.79 Å². The molecule has 0 saturated carbocycles. The van der Waals surface area contributed by atoms with E-state index < -0.39 is 0 Å². The van der Waals surface area contributed by atoms with Crippen molar-refractivity contribution >= 4 is 6.03 Å². The first-order valence-electron chi connectivity index (χ1n) is 9.02. The molecule has 0 spiro atoms. The number of carbonyl (C=O) groups excluding carboxylic acids is 1. The van der Waals surface area contributed by atoms with E-state index in [-0.39, 0.29) is 6.03 Å². The molecule has 2 aromatic carbocycles. The van der Waals surface area contributed by atoms with E-state index in [0.29, 0.717) is 6.54 Å². The van der Waals surface area contributed by atoms with Crippen molar-refractivity contribution in [3.63, 3.8) is 0 Å². The van der Waals surface area contributed by atoms with Crippen LogP contribution in [-0.2, 0) is 19.5 Å². The monoisotopic (exact) mass is 336 g/mol. The maximum absolute atomic E-state index is 12.4. The standard InChI is InChI=1S/C22H28N2O/c1-7-18-15(3)19-12-24(22(25)23(5)6)13-20(19)16(4)21(18)17-10-8-14(2)9-11-17/h8-11H,7,12-13H2,1-6H3. The first kappa shape index (κ1) is 17.5. The first-order chi connectivity index (χ1) is 11.8. The van der Waals surface area contributed by atoms with Crippen LogP contribution in [0, 0.1) is 20.8 Å². The molecule has 1 aliphatic heterocycles. The molecule has 0 saturated heterocycles. The molecule has 0 unspecified atom stereocenters. The molecule has 3 nitrogen and oxygen atoms in total. The van der Waals surface area contributed by atoms with E-state index in [2.05, 4.69) is 52.0 Å².